The maximum absolute atomic E-state index is 13.3. The highest BCUT2D eigenvalue weighted by molar-refractivity contribution is 7.92. The largest absolute Gasteiger partial charge is 0.465 e. The zero-order valence-corrected chi connectivity index (χ0v) is 19.6. The molecular formula is C23H18ClF3N2O5S. The lowest BCUT2D eigenvalue weighted by atomic mass is 10.2. The molecule has 0 spiro atoms. The molecular weight excluding hydrogens is 509 g/mol. The fourth-order valence-corrected chi connectivity index (χ4v) is 4.76. The van der Waals surface area contributed by atoms with Crippen LogP contribution in [0.2, 0.25) is 5.02 Å². The number of methoxy groups -OCH3 is 1. The fraction of sp³-hybridized carbons (Fsp3) is 0.130. The maximum atomic E-state index is 13.3. The molecule has 0 aliphatic carbocycles. The molecule has 0 bridgehead atoms. The Labute approximate surface area is 204 Å². The Morgan fingerprint density at radius 1 is 1.00 bits per heavy atom. The molecule has 0 unspecified atom stereocenters. The lowest BCUT2D eigenvalue weighted by Gasteiger charge is -2.26. The summed E-state index contributed by atoms with van der Waals surface area (Å²) in [6, 6.07) is 14.6. The molecule has 0 atom stereocenters. The lowest BCUT2D eigenvalue weighted by molar-refractivity contribution is -0.137. The van der Waals surface area contributed by atoms with Crippen molar-refractivity contribution in [1.82, 2.24) is 0 Å². The first-order chi connectivity index (χ1) is 16.4. The van der Waals surface area contributed by atoms with Crippen molar-refractivity contribution in [3.05, 3.63) is 88.9 Å². The SMILES string of the molecule is COC(=O)c1ccc(NC(=O)CN(c2cc(C(F)(F)F)ccc2Cl)S(=O)(=O)c2ccccc2)cc1. The number of sulfonamides is 1. The highest BCUT2D eigenvalue weighted by atomic mass is 35.5. The molecule has 7 nitrogen and oxygen atoms in total. The number of rotatable bonds is 7. The van der Waals surface area contributed by atoms with E-state index in [1.54, 1.807) is 6.07 Å². The molecule has 12 heteroatoms. The van der Waals surface area contributed by atoms with E-state index in [4.69, 9.17) is 11.6 Å². The van der Waals surface area contributed by atoms with Crippen LogP contribution in [-0.2, 0) is 25.7 Å². The quantitative estimate of drug-likeness (QED) is 0.438. The average molecular weight is 527 g/mol. The number of alkyl halides is 3. The topological polar surface area (TPSA) is 92.8 Å². The van der Waals surface area contributed by atoms with Crippen LogP contribution < -0.4 is 9.62 Å². The van der Waals surface area contributed by atoms with Gasteiger partial charge in [0.05, 0.1) is 33.8 Å². The first-order valence-corrected chi connectivity index (χ1v) is 11.7. The van der Waals surface area contributed by atoms with Crippen molar-refractivity contribution in [2.24, 2.45) is 0 Å². The van der Waals surface area contributed by atoms with Crippen molar-refractivity contribution in [3.63, 3.8) is 0 Å². The standard InChI is InChI=1S/C23H18ClF3N2O5S/c1-34-22(31)15-7-10-17(11-8-15)28-21(30)14-29(35(32,33)18-5-3-2-4-6-18)20-13-16(23(25,26)27)9-12-19(20)24/h2-13H,14H2,1H3,(H,28,30). The predicted octanol–water partition coefficient (Wildman–Crippen LogP) is 4.98. The Kier molecular flexibility index (Phi) is 7.71. The van der Waals surface area contributed by atoms with Crippen LogP contribution in [0.15, 0.2) is 77.7 Å². The summed E-state index contributed by atoms with van der Waals surface area (Å²) >= 11 is 6.09. The molecule has 3 aromatic rings. The third-order valence-electron chi connectivity index (χ3n) is 4.75. The van der Waals surface area contributed by atoms with Crippen LogP contribution in [0.25, 0.3) is 0 Å². The maximum Gasteiger partial charge on any atom is 0.416 e. The number of anilines is 2. The summed E-state index contributed by atoms with van der Waals surface area (Å²) in [6.45, 7) is -0.878. The van der Waals surface area contributed by atoms with Crippen LogP contribution in [0.4, 0.5) is 24.5 Å². The van der Waals surface area contributed by atoms with Gasteiger partial charge < -0.3 is 10.1 Å². The van der Waals surface area contributed by atoms with Crippen molar-refractivity contribution in [2.45, 2.75) is 11.1 Å². The van der Waals surface area contributed by atoms with Gasteiger partial charge in [-0.1, -0.05) is 29.8 Å². The van der Waals surface area contributed by atoms with E-state index in [0.717, 1.165) is 6.07 Å². The molecule has 3 aromatic carbocycles. The molecule has 1 N–H and O–H groups in total. The van der Waals surface area contributed by atoms with Crippen LogP contribution >= 0.6 is 11.6 Å². The normalized spacial score (nSPS) is 11.6. The molecule has 184 valence electrons. The summed E-state index contributed by atoms with van der Waals surface area (Å²) in [4.78, 5) is 24.1. The van der Waals surface area contributed by atoms with E-state index in [1.807, 2.05) is 0 Å². The smallest absolute Gasteiger partial charge is 0.416 e. The van der Waals surface area contributed by atoms with Crippen molar-refractivity contribution < 1.29 is 35.9 Å². The molecule has 0 radical (unpaired) electrons. The van der Waals surface area contributed by atoms with Gasteiger partial charge in [0.25, 0.3) is 10.0 Å². The summed E-state index contributed by atoms with van der Waals surface area (Å²) in [6.07, 6.45) is -4.77. The minimum atomic E-state index is -4.77. The molecule has 0 heterocycles. The van der Waals surface area contributed by atoms with Crippen molar-refractivity contribution in [1.29, 1.82) is 0 Å². The van der Waals surface area contributed by atoms with Crippen LogP contribution in [0.1, 0.15) is 15.9 Å². The Balaban J connectivity index is 1.98. The molecule has 0 saturated heterocycles. The molecule has 0 saturated carbocycles. The molecule has 0 aliphatic heterocycles. The number of esters is 1. The van der Waals surface area contributed by atoms with Crippen molar-refractivity contribution in [3.8, 4) is 0 Å². The molecule has 35 heavy (non-hydrogen) atoms. The van der Waals surface area contributed by atoms with Gasteiger partial charge in [0.2, 0.25) is 5.91 Å². The molecule has 1 amide bonds. The number of ether oxygens (including phenoxy) is 1. The Bertz CT molecular complexity index is 1330. The van der Waals surface area contributed by atoms with Gasteiger partial charge in [-0.2, -0.15) is 13.2 Å². The number of carbonyl (C=O) groups excluding carboxylic acids is 2. The summed E-state index contributed by atoms with van der Waals surface area (Å²) in [5.74, 6) is -1.45. The van der Waals surface area contributed by atoms with Gasteiger partial charge in [0, 0.05) is 5.69 Å². The van der Waals surface area contributed by atoms with Crippen LogP contribution in [0.3, 0.4) is 0 Å². The first-order valence-electron chi connectivity index (χ1n) is 9.86. The number of hydrogen-bond donors (Lipinski definition) is 1. The second kappa shape index (κ2) is 10.4. The molecule has 0 aromatic heterocycles. The summed E-state index contributed by atoms with van der Waals surface area (Å²) in [7, 11) is -3.28. The van der Waals surface area contributed by atoms with Gasteiger partial charge in [0.15, 0.2) is 0 Å². The Hall–Kier alpha value is -3.57. The van der Waals surface area contributed by atoms with E-state index >= 15 is 0 Å². The van der Waals surface area contributed by atoms with E-state index in [-0.39, 0.29) is 21.2 Å². The molecule has 0 aliphatic rings. The number of carbonyl (C=O) groups is 2. The third-order valence-corrected chi connectivity index (χ3v) is 6.84. The average Bonchev–Trinajstić information content (AvgIpc) is 2.82. The summed E-state index contributed by atoms with van der Waals surface area (Å²) in [5, 5.41) is 2.15. The number of amides is 1. The summed E-state index contributed by atoms with van der Waals surface area (Å²) < 4.78 is 71.8. The number of nitrogens with one attached hydrogen (secondary N) is 1. The number of hydrogen-bond acceptors (Lipinski definition) is 5. The van der Waals surface area contributed by atoms with E-state index in [0.29, 0.717) is 16.4 Å². The second-order valence-corrected chi connectivity index (χ2v) is 9.38. The zero-order chi connectivity index (χ0) is 25.8. The Morgan fingerprint density at radius 2 is 1.63 bits per heavy atom. The number of nitrogens with zero attached hydrogens (tertiary/aromatic N) is 1. The third kappa shape index (κ3) is 6.11. The summed E-state index contributed by atoms with van der Waals surface area (Å²) in [5.41, 5.74) is -1.21. The fourth-order valence-electron chi connectivity index (χ4n) is 3.04. The van der Waals surface area contributed by atoms with Crippen LogP contribution in [-0.4, -0.2) is 33.9 Å². The van der Waals surface area contributed by atoms with E-state index in [9.17, 15) is 31.2 Å². The first kappa shape index (κ1) is 26.0. The lowest BCUT2D eigenvalue weighted by Crippen LogP contribution is -2.38. The van der Waals surface area contributed by atoms with Gasteiger partial charge >= 0.3 is 12.1 Å². The van der Waals surface area contributed by atoms with Crippen molar-refractivity contribution >= 4 is 44.9 Å². The minimum absolute atomic E-state index is 0.217. The van der Waals surface area contributed by atoms with Gasteiger partial charge in [0.1, 0.15) is 6.54 Å². The zero-order valence-electron chi connectivity index (χ0n) is 18.0. The number of benzene rings is 3. The van der Waals surface area contributed by atoms with Gasteiger partial charge in [-0.15, -0.1) is 0 Å². The highest BCUT2D eigenvalue weighted by Gasteiger charge is 2.34. The predicted molar refractivity (Wildman–Crippen MR) is 124 cm³/mol. The van der Waals surface area contributed by atoms with E-state index in [2.05, 4.69) is 10.1 Å². The van der Waals surface area contributed by atoms with Gasteiger partial charge in [-0.05, 0) is 54.6 Å². The van der Waals surface area contributed by atoms with Crippen LogP contribution in [0.5, 0.6) is 0 Å². The molecule has 0 fully saturated rings. The van der Waals surface area contributed by atoms with E-state index in [1.165, 1.54) is 55.6 Å². The van der Waals surface area contributed by atoms with Crippen molar-refractivity contribution in [2.75, 3.05) is 23.3 Å². The van der Waals surface area contributed by atoms with Gasteiger partial charge in [-0.3, -0.25) is 9.10 Å². The van der Waals surface area contributed by atoms with E-state index < -0.39 is 45.9 Å². The molecule has 3 rings (SSSR count). The second-order valence-electron chi connectivity index (χ2n) is 7.11. The minimum Gasteiger partial charge on any atom is -0.465 e. The monoisotopic (exact) mass is 526 g/mol. The Morgan fingerprint density at radius 3 is 2.20 bits per heavy atom. The highest BCUT2D eigenvalue weighted by Crippen LogP contribution is 2.37. The number of halogens is 4. The van der Waals surface area contributed by atoms with Gasteiger partial charge in [-0.25, -0.2) is 13.2 Å². The van der Waals surface area contributed by atoms with Crippen LogP contribution in [0, 0.1) is 0 Å².